The first-order valence-electron chi connectivity index (χ1n) is 3.27. The standard InChI is InChI=1S/C7H16Si/c1-7(2)5-6-8(3)4/h8H,1,5-6H2,2-4H3. The van der Waals surface area contributed by atoms with E-state index in [-0.39, 0.29) is 8.80 Å². The number of hydrogen-bond acceptors (Lipinski definition) is 0. The van der Waals surface area contributed by atoms with E-state index in [1.165, 1.54) is 18.0 Å². The van der Waals surface area contributed by atoms with Gasteiger partial charge in [0, 0.05) is 8.80 Å². The summed E-state index contributed by atoms with van der Waals surface area (Å²) in [5.41, 5.74) is 1.34. The van der Waals surface area contributed by atoms with E-state index in [0.717, 1.165) is 0 Å². The molecule has 0 atom stereocenters. The Bertz CT molecular complexity index is 74.5. The minimum Gasteiger partial charge on any atom is -0.100 e. The Morgan fingerprint density at radius 1 is 1.50 bits per heavy atom. The van der Waals surface area contributed by atoms with Crippen molar-refractivity contribution in [3.8, 4) is 0 Å². The van der Waals surface area contributed by atoms with Crippen LogP contribution in [0.4, 0.5) is 0 Å². The van der Waals surface area contributed by atoms with E-state index in [0.29, 0.717) is 0 Å². The molecule has 0 saturated carbocycles. The van der Waals surface area contributed by atoms with Gasteiger partial charge in [0.2, 0.25) is 0 Å². The van der Waals surface area contributed by atoms with E-state index in [1.54, 1.807) is 0 Å². The molecule has 0 bridgehead atoms. The van der Waals surface area contributed by atoms with Crippen LogP contribution < -0.4 is 0 Å². The SMILES string of the molecule is C=C(C)CC[SiH](C)C. The van der Waals surface area contributed by atoms with Gasteiger partial charge in [-0.05, 0) is 13.3 Å². The maximum atomic E-state index is 3.85. The molecule has 0 fully saturated rings. The molecule has 0 amide bonds. The predicted molar refractivity (Wildman–Crippen MR) is 43.1 cm³/mol. The van der Waals surface area contributed by atoms with Crippen molar-refractivity contribution < 1.29 is 0 Å². The van der Waals surface area contributed by atoms with Crippen LogP contribution in [0, 0.1) is 0 Å². The summed E-state index contributed by atoms with van der Waals surface area (Å²) in [6.45, 7) is 10.7. The second kappa shape index (κ2) is 3.90. The Balaban J connectivity index is 3.05. The minimum atomic E-state index is -0.287. The molecule has 0 radical (unpaired) electrons. The molecular weight excluding hydrogens is 112 g/mol. The van der Waals surface area contributed by atoms with E-state index in [1.807, 2.05) is 0 Å². The summed E-state index contributed by atoms with van der Waals surface area (Å²) in [4.78, 5) is 0. The molecule has 0 saturated heterocycles. The van der Waals surface area contributed by atoms with E-state index < -0.39 is 0 Å². The van der Waals surface area contributed by atoms with Gasteiger partial charge in [-0.15, -0.1) is 6.58 Å². The lowest BCUT2D eigenvalue weighted by Gasteiger charge is -1.99. The lowest BCUT2D eigenvalue weighted by molar-refractivity contribution is 1.09. The third kappa shape index (κ3) is 5.96. The van der Waals surface area contributed by atoms with Crippen molar-refractivity contribution >= 4 is 8.80 Å². The lowest BCUT2D eigenvalue weighted by atomic mass is 10.3. The van der Waals surface area contributed by atoms with Crippen LogP contribution in [0.15, 0.2) is 12.2 Å². The van der Waals surface area contributed by atoms with E-state index in [2.05, 4.69) is 26.6 Å². The van der Waals surface area contributed by atoms with Crippen LogP contribution in [0.2, 0.25) is 19.1 Å². The lowest BCUT2D eigenvalue weighted by Crippen LogP contribution is -1.97. The molecule has 0 rings (SSSR count). The highest BCUT2D eigenvalue weighted by atomic mass is 28.3. The zero-order valence-corrected chi connectivity index (χ0v) is 7.35. The van der Waals surface area contributed by atoms with Crippen molar-refractivity contribution in [2.75, 3.05) is 0 Å². The van der Waals surface area contributed by atoms with Gasteiger partial charge in [0.1, 0.15) is 0 Å². The average Bonchev–Trinajstić information content (AvgIpc) is 1.61. The van der Waals surface area contributed by atoms with Gasteiger partial charge in [-0.2, -0.15) is 0 Å². The second-order valence-electron chi connectivity index (χ2n) is 2.89. The minimum absolute atomic E-state index is 0.287. The summed E-state index contributed by atoms with van der Waals surface area (Å²) >= 11 is 0. The molecule has 0 unspecified atom stereocenters. The Labute approximate surface area is 54.2 Å². The molecule has 8 heavy (non-hydrogen) atoms. The quantitative estimate of drug-likeness (QED) is 0.404. The van der Waals surface area contributed by atoms with Gasteiger partial charge >= 0.3 is 0 Å². The third-order valence-corrected chi connectivity index (χ3v) is 2.59. The van der Waals surface area contributed by atoms with Crippen LogP contribution in [-0.4, -0.2) is 8.80 Å². The van der Waals surface area contributed by atoms with Crippen LogP contribution in [0.1, 0.15) is 13.3 Å². The topological polar surface area (TPSA) is 0 Å². The summed E-state index contributed by atoms with van der Waals surface area (Å²) in [5.74, 6) is 0. The van der Waals surface area contributed by atoms with Crippen molar-refractivity contribution in [3.05, 3.63) is 12.2 Å². The highest BCUT2D eigenvalue weighted by Gasteiger charge is 1.93. The first kappa shape index (κ1) is 7.96. The summed E-state index contributed by atoms with van der Waals surface area (Å²) in [7, 11) is -0.287. The first-order valence-corrected chi connectivity index (χ1v) is 6.40. The van der Waals surface area contributed by atoms with E-state index in [9.17, 15) is 0 Å². The maximum absolute atomic E-state index is 3.85. The molecule has 0 aliphatic heterocycles. The predicted octanol–water partition coefficient (Wildman–Crippen LogP) is 2.44. The van der Waals surface area contributed by atoms with Gasteiger partial charge in [-0.3, -0.25) is 0 Å². The Hall–Kier alpha value is -0.0431. The first-order chi connectivity index (χ1) is 3.63. The second-order valence-corrected chi connectivity index (χ2v) is 6.25. The Kier molecular flexibility index (Phi) is 3.88. The number of hydrogen-bond donors (Lipinski definition) is 0. The van der Waals surface area contributed by atoms with Crippen molar-refractivity contribution in [3.63, 3.8) is 0 Å². The summed E-state index contributed by atoms with van der Waals surface area (Å²) in [6, 6.07) is 1.43. The molecule has 0 nitrogen and oxygen atoms in total. The van der Waals surface area contributed by atoms with Crippen LogP contribution in [0.3, 0.4) is 0 Å². The fourth-order valence-corrected chi connectivity index (χ4v) is 1.61. The molecule has 0 heterocycles. The maximum Gasteiger partial charge on any atom is 0.0308 e. The molecule has 0 aliphatic carbocycles. The van der Waals surface area contributed by atoms with Crippen LogP contribution in [0.25, 0.3) is 0 Å². The summed E-state index contributed by atoms with van der Waals surface area (Å²) in [5, 5.41) is 0. The van der Waals surface area contributed by atoms with Gasteiger partial charge in [-0.1, -0.05) is 24.7 Å². The van der Waals surface area contributed by atoms with Crippen LogP contribution in [0.5, 0.6) is 0 Å². The van der Waals surface area contributed by atoms with Crippen molar-refractivity contribution in [1.82, 2.24) is 0 Å². The van der Waals surface area contributed by atoms with Crippen molar-refractivity contribution in [1.29, 1.82) is 0 Å². The number of allylic oxidation sites excluding steroid dienone is 1. The average molecular weight is 128 g/mol. The highest BCUT2D eigenvalue weighted by molar-refractivity contribution is 6.55. The third-order valence-electron chi connectivity index (χ3n) is 1.15. The fraction of sp³-hybridized carbons (Fsp3) is 0.714. The molecule has 1 heteroatoms. The largest absolute Gasteiger partial charge is 0.100 e. The van der Waals surface area contributed by atoms with Gasteiger partial charge in [0.05, 0.1) is 0 Å². The van der Waals surface area contributed by atoms with Crippen LogP contribution >= 0.6 is 0 Å². The molecule has 0 aliphatic rings. The molecule has 48 valence electrons. The van der Waals surface area contributed by atoms with Crippen molar-refractivity contribution in [2.24, 2.45) is 0 Å². The molecule has 0 aromatic heterocycles. The summed E-state index contributed by atoms with van der Waals surface area (Å²) < 4.78 is 0. The van der Waals surface area contributed by atoms with Crippen LogP contribution in [-0.2, 0) is 0 Å². The monoisotopic (exact) mass is 128 g/mol. The Morgan fingerprint density at radius 3 is 2.12 bits per heavy atom. The summed E-state index contributed by atoms with van der Waals surface area (Å²) in [6.07, 6.45) is 1.25. The molecule has 0 N–H and O–H groups in total. The highest BCUT2D eigenvalue weighted by Crippen LogP contribution is 2.03. The van der Waals surface area contributed by atoms with Gasteiger partial charge in [-0.25, -0.2) is 0 Å². The number of rotatable bonds is 3. The molecular formula is C7H16Si. The molecule has 0 aromatic carbocycles. The molecule has 0 spiro atoms. The van der Waals surface area contributed by atoms with Crippen molar-refractivity contribution in [2.45, 2.75) is 32.5 Å². The fourth-order valence-electron chi connectivity index (χ4n) is 0.535. The zero-order valence-electron chi connectivity index (χ0n) is 6.20. The smallest absolute Gasteiger partial charge is 0.0308 e. The molecule has 0 aromatic rings. The van der Waals surface area contributed by atoms with E-state index >= 15 is 0 Å². The zero-order chi connectivity index (χ0) is 6.57. The van der Waals surface area contributed by atoms with E-state index in [4.69, 9.17) is 0 Å². The normalized spacial score (nSPS) is 10.0. The Morgan fingerprint density at radius 2 is 2.00 bits per heavy atom. The van der Waals surface area contributed by atoms with Gasteiger partial charge < -0.3 is 0 Å². The van der Waals surface area contributed by atoms with Gasteiger partial charge in [0.15, 0.2) is 0 Å². The van der Waals surface area contributed by atoms with Gasteiger partial charge in [0.25, 0.3) is 0 Å².